The molecule has 84 valence electrons. The van der Waals surface area contributed by atoms with Gasteiger partial charge in [-0.3, -0.25) is 0 Å². The molecule has 0 amide bonds. The lowest BCUT2D eigenvalue weighted by atomic mass is 9.98. The predicted molar refractivity (Wildman–Crippen MR) is 58.5 cm³/mol. The summed E-state index contributed by atoms with van der Waals surface area (Å²) in [6.07, 6.45) is -2.70. The van der Waals surface area contributed by atoms with Crippen molar-refractivity contribution < 1.29 is 13.9 Å². The lowest BCUT2D eigenvalue weighted by Crippen LogP contribution is -2.19. The largest absolute Gasteiger partial charge is 0.508 e. The highest BCUT2D eigenvalue weighted by atomic mass is 19.3. The predicted octanol–water partition coefficient (Wildman–Crippen LogP) is 2.81. The van der Waals surface area contributed by atoms with Crippen LogP contribution in [0.1, 0.15) is 11.6 Å². The Hall–Kier alpha value is -1.68. The molecule has 2 aromatic rings. The third-order valence-electron chi connectivity index (χ3n) is 2.55. The number of fused-ring (bicyclic) bond motifs is 1. The highest BCUT2D eigenvalue weighted by Crippen LogP contribution is 2.33. The first-order valence-electron chi connectivity index (χ1n) is 4.85. The van der Waals surface area contributed by atoms with Crippen molar-refractivity contribution in [2.24, 2.45) is 5.73 Å². The molecule has 0 fully saturated rings. The zero-order valence-electron chi connectivity index (χ0n) is 8.40. The Kier molecular flexibility index (Phi) is 2.75. The van der Waals surface area contributed by atoms with Gasteiger partial charge in [0.25, 0.3) is 6.43 Å². The average Bonchev–Trinajstić information content (AvgIpc) is 2.28. The first kappa shape index (κ1) is 10.8. The maximum absolute atomic E-state index is 12.6. The second-order valence-corrected chi connectivity index (χ2v) is 3.58. The Morgan fingerprint density at radius 2 is 1.75 bits per heavy atom. The molecule has 1 unspecified atom stereocenters. The molecule has 3 N–H and O–H groups in total. The normalized spacial score (nSPS) is 13.2. The summed E-state index contributed by atoms with van der Waals surface area (Å²) in [5.41, 5.74) is 5.50. The first-order valence-corrected chi connectivity index (χ1v) is 4.85. The van der Waals surface area contributed by atoms with Gasteiger partial charge in [-0.25, -0.2) is 8.78 Å². The van der Waals surface area contributed by atoms with Gasteiger partial charge >= 0.3 is 0 Å². The molecule has 0 aromatic heterocycles. The maximum Gasteiger partial charge on any atom is 0.257 e. The van der Waals surface area contributed by atoms with Gasteiger partial charge in [0.05, 0.1) is 6.04 Å². The topological polar surface area (TPSA) is 46.2 Å². The molecule has 0 aliphatic heterocycles. The highest BCUT2D eigenvalue weighted by Gasteiger charge is 2.22. The number of rotatable bonds is 2. The van der Waals surface area contributed by atoms with Gasteiger partial charge in [-0.15, -0.1) is 0 Å². The van der Waals surface area contributed by atoms with Gasteiger partial charge in [0, 0.05) is 5.56 Å². The summed E-state index contributed by atoms with van der Waals surface area (Å²) in [6, 6.07) is 8.58. The molecular weight excluding hydrogens is 212 g/mol. The van der Waals surface area contributed by atoms with Crippen LogP contribution in [0.5, 0.6) is 5.75 Å². The lowest BCUT2D eigenvalue weighted by Gasteiger charge is -2.15. The Morgan fingerprint density at radius 3 is 2.44 bits per heavy atom. The molecule has 0 heterocycles. The Labute approximate surface area is 91.3 Å². The molecule has 0 aliphatic carbocycles. The zero-order chi connectivity index (χ0) is 11.7. The second-order valence-electron chi connectivity index (χ2n) is 3.58. The van der Waals surface area contributed by atoms with Crippen molar-refractivity contribution in [1.82, 2.24) is 0 Å². The van der Waals surface area contributed by atoms with Gasteiger partial charge in [0.2, 0.25) is 0 Å². The minimum absolute atomic E-state index is 0.105. The van der Waals surface area contributed by atoms with Crippen LogP contribution in [0.15, 0.2) is 36.4 Å². The van der Waals surface area contributed by atoms with E-state index < -0.39 is 12.5 Å². The Morgan fingerprint density at radius 1 is 1.06 bits per heavy atom. The van der Waals surface area contributed by atoms with Crippen LogP contribution in [-0.2, 0) is 0 Å². The molecule has 1 atom stereocenters. The minimum atomic E-state index is -2.70. The van der Waals surface area contributed by atoms with E-state index >= 15 is 0 Å². The molecule has 0 radical (unpaired) electrons. The van der Waals surface area contributed by atoms with Crippen molar-refractivity contribution in [1.29, 1.82) is 0 Å². The monoisotopic (exact) mass is 223 g/mol. The van der Waals surface area contributed by atoms with E-state index in [4.69, 9.17) is 5.73 Å². The van der Waals surface area contributed by atoms with Crippen LogP contribution in [0, 0.1) is 0 Å². The summed E-state index contributed by atoms with van der Waals surface area (Å²) in [4.78, 5) is 0. The molecule has 0 saturated carbocycles. The number of halogens is 2. The summed E-state index contributed by atoms with van der Waals surface area (Å²) in [5.74, 6) is -0.188. The van der Waals surface area contributed by atoms with Crippen LogP contribution in [0.3, 0.4) is 0 Å². The van der Waals surface area contributed by atoms with Crippen molar-refractivity contribution in [3.63, 3.8) is 0 Å². The number of hydrogen-bond donors (Lipinski definition) is 2. The smallest absolute Gasteiger partial charge is 0.257 e. The fourth-order valence-electron chi connectivity index (χ4n) is 1.76. The van der Waals surface area contributed by atoms with Gasteiger partial charge < -0.3 is 10.8 Å². The van der Waals surface area contributed by atoms with Crippen molar-refractivity contribution in [3.05, 3.63) is 42.0 Å². The molecule has 2 nitrogen and oxygen atoms in total. The number of aromatic hydroxyl groups is 1. The van der Waals surface area contributed by atoms with Crippen LogP contribution in [0.25, 0.3) is 10.8 Å². The number of hydrogen-bond acceptors (Lipinski definition) is 2. The van der Waals surface area contributed by atoms with E-state index in [1.807, 2.05) is 0 Å². The molecule has 0 spiro atoms. The van der Waals surface area contributed by atoms with E-state index in [1.165, 1.54) is 6.07 Å². The van der Waals surface area contributed by atoms with Gasteiger partial charge in [0.15, 0.2) is 0 Å². The molecule has 0 bridgehead atoms. The van der Waals surface area contributed by atoms with E-state index in [0.717, 1.165) is 5.39 Å². The van der Waals surface area contributed by atoms with Gasteiger partial charge in [-0.2, -0.15) is 0 Å². The van der Waals surface area contributed by atoms with Crippen molar-refractivity contribution in [3.8, 4) is 5.75 Å². The summed E-state index contributed by atoms with van der Waals surface area (Å²) in [6.45, 7) is 0. The molecular formula is C12H11F2NO. The number of phenols is 1. The van der Waals surface area contributed by atoms with Crippen LogP contribution >= 0.6 is 0 Å². The van der Waals surface area contributed by atoms with E-state index in [-0.39, 0.29) is 11.3 Å². The molecule has 0 aliphatic rings. The van der Waals surface area contributed by atoms with E-state index in [1.54, 1.807) is 30.3 Å². The quantitative estimate of drug-likeness (QED) is 0.822. The van der Waals surface area contributed by atoms with Crippen LogP contribution < -0.4 is 5.73 Å². The summed E-state index contributed by atoms with van der Waals surface area (Å²) < 4.78 is 25.2. The summed E-state index contributed by atoms with van der Waals surface area (Å²) >= 11 is 0. The number of benzene rings is 2. The van der Waals surface area contributed by atoms with E-state index in [0.29, 0.717) is 5.39 Å². The Bertz CT molecular complexity index is 513. The van der Waals surface area contributed by atoms with E-state index in [9.17, 15) is 13.9 Å². The van der Waals surface area contributed by atoms with Crippen molar-refractivity contribution >= 4 is 10.8 Å². The fourth-order valence-corrected chi connectivity index (χ4v) is 1.76. The van der Waals surface area contributed by atoms with E-state index in [2.05, 4.69) is 0 Å². The second kappa shape index (κ2) is 4.06. The Balaban J connectivity index is 2.70. The van der Waals surface area contributed by atoms with Gasteiger partial charge in [-0.05, 0) is 16.8 Å². The van der Waals surface area contributed by atoms with Crippen LogP contribution in [-0.4, -0.2) is 11.5 Å². The van der Waals surface area contributed by atoms with Crippen LogP contribution in [0.2, 0.25) is 0 Å². The van der Waals surface area contributed by atoms with Gasteiger partial charge in [0.1, 0.15) is 5.75 Å². The summed E-state index contributed by atoms with van der Waals surface area (Å²) in [7, 11) is 0. The molecule has 0 saturated heterocycles. The molecule has 2 aromatic carbocycles. The number of nitrogens with two attached hydrogens (primary N) is 1. The third kappa shape index (κ3) is 1.72. The summed E-state index contributed by atoms with van der Waals surface area (Å²) in [5, 5.41) is 11.0. The lowest BCUT2D eigenvalue weighted by molar-refractivity contribution is 0.116. The SMILES string of the molecule is NC(c1c(O)ccc2ccccc12)C(F)F. The third-order valence-corrected chi connectivity index (χ3v) is 2.55. The van der Waals surface area contributed by atoms with Gasteiger partial charge in [-0.1, -0.05) is 30.3 Å². The fraction of sp³-hybridized carbons (Fsp3) is 0.167. The molecule has 16 heavy (non-hydrogen) atoms. The maximum atomic E-state index is 12.6. The van der Waals surface area contributed by atoms with Crippen LogP contribution in [0.4, 0.5) is 8.78 Å². The minimum Gasteiger partial charge on any atom is -0.508 e. The van der Waals surface area contributed by atoms with Crippen molar-refractivity contribution in [2.45, 2.75) is 12.5 Å². The number of phenolic OH excluding ortho intramolecular Hbond substituents is 1. The molecule has 4 heteroatoms. The van der Waals surface area contributed by atoms with Crippen molar-refractivity contribution in [2.75, 3.05) is 0 Å². The first-order chi connectivity index (χ1) is 7.61. The molecule has 2 rings (SSSR count). The standard InChI is InChI=1S/C12H11F2NO/c13-12(14)11(15)10-8-4-2-1-3-7(8)5-6-9(10)16/h1-6,11-12,16H,15H2. The average molecular weight is 223 g/mol. The highest BCUT2D eigenvalue weighted by molar-refractivity contribution is 5.88. The zero-order valence-corrected chi connectivity index (χ0v) is 8.40. The number of alkyl halides is 2.